The maximum atomic E-state index is 13.6. The maximum absolute atomic E-state index is 13.6. The molecule has 0 radical (unpaired) electrons. The topological polar surface area (TPSA) is 29.5 Å². The Bertz CT molecular complexity index is 637. The van der Waals surface area contributed by atoms with Gasteiger partial charge in [0.1, 0.15) is 23.1 Å². The third-order valence-electron chi connectivity index (χ3n) is 3.10. The molecular weight excluding hydrogens is 262 g/mol. The Morgan fingerprint density at radius 1 is 1.00 bits per heavy atom. The average Bonchev–Trinajstić information content (AvgIpc) is 2.37. The van der Waals surface area contributed by atoms with Gasteiger partial charge in [-0.15, -0.1) is 0 Å². The first-order valence-electron chi connectivity index (χ1n) is 6.30. The van der Waals surface area contributed by atoms with E-state index in [1.807, 2.05) is 0 Å². The van der Waals surface area contributed by atoms with Crippen LogP contribution in [0.15, 0.2) is 30.3 Å². The van der Waals surface area contributed by atoms with Crippen LogP contribution >= 0.6 is 0 Å². The lowest BCUT2D eigenvalue weighted by Crippen LogP contribution is -1.99. The van der Waals surface area contributed by atoms with Crippen molar-refractivity contribution in [3.63, 3.8) is 0 Å². The van der Waals surface area contributed by atoms with Gasteiger partial charge in [-0.05, 0) is 62.2 Å². The number of aliphatic hydroxyl groups is 1. The van der Waals surface area contributed by atoms with Crippen LogP contribution in [-0.4, -0.2) is 5.11 Å². The molecule has 20 heavy (non-hydrogen) atoms. The van der Waals surface area contributed by atoms with E-state index < -0.39 is 11.9 Å². The van der Waals surface area contributed by atoms with Crippen molar-refractivity contribution in [1.82, 2.24) is 0 Å². The number of rotatable bonds is 3. The molecule has 106 valence electrons. The van der Waals surface area contributed by atoms with E-state index in [9.17, 15) is 13.9 Å². The van der Waals surface area contributed by atoms with Crippen LogP contribution in [0.5, 0.6) is 11.5 Å². The van der Waals surface area contributed by atoms with Crippen LogP contribution in [0.1, 0.15) is 29.7 Å². The fourth-order valence-corrected chi connectivity index (χ4v) is 1.89. The molecule has 0 saturated carbocycles. The molecule has 0 aliphatic carbocycles. The first-order valence-corrected chi connectivity index (χ1v) is 6.30. The lowest BCUT2D eigenvalue weighted by Gasteiger charge is -2.15. The summed E-state index contributed by atoms with van der Waals surface area (Å²) in [4.78, 5) is 0. The highest BCUT2D eigenvalue weighted by Crippen LogP contribution is 2.32. The lowest BCUT2D eigenvalue weighted by atomic mass is 10.1. The van der Waals surface area contributed by atoms with E-state index in [0.717, 1.165) is 0 Å². The number of aryl methyl sites for hydroxylation is 2. The molecule has 2 rings (SSSR count). The smallest absolute Gasteiger partial charge is 0.133 e. The van der Waals surface area contributed by atoms with E-state index in [4.69, 9.17) is 4.74 Å². The number of ether oxygens (including phenoxy) is 1. The van der Waals surface area contributed by atoms with Gasteiger partial charge in [0.2, 0.25) is 0 Å². The summed E-state index contributed by atoms with van der Waals surface area (Å²) >= 11 is 0. The van der Waals surface area contributed by atoms with E-state index >= 15 is 0 Å². The zero-order valence-corrected chi connectivity index (χ0v) is 11.6. The number of hydrogen-bond acceptors (Lipinski definition) is 2. The number of halogens is 2. The quantitative estimate of drug-likeness (QED) is 0.900. The van der Waals surface area contributed by atoms with Gasteiger partial charge in [-0.1, -0.05) is 0 Å². The molecule has 0 aliphatic heterocycles. The molecule has 2 nitrogen and oxygen atoms in total. The number of benzene rings is 2. The summed E-state index contributed by atoms with van der Waals surface area (Å²) in [6.07, 6.45) is -0.860. The molecule has 0 saturated heterocycles. The van der Waals surface area contributed by atoms with E-state index in [0.29, 0.717) is 28.2 Å². The largest absolute Gasteiger partial charge is 0.457 e. The predicted molar refractivity (Wildman–Crippen MR) is 73.0 cm³/mol. The van der Waals surface area contributed by atoms with Crippen molar-refractivity contribution in [2.24, 2.45) is 0 Å². The Morgan fingerprint density at radius 2 is 1.65 bits per heavy atom. The second-order valence-corrected chi connectivity index (χ2v) is 4.83. The Balaban J connectivity index is 2.41. The van der Waals surface area contributed by atoms with Crippen LogP contribution in [0.4, 0.5) is 8.78 Å². The van der Waals surface area contributed by atoms with Gasteiger partial charge in [-0.25, -0.2) is 8.78 Å². The van der Waals surface area contributed by atoms with Crippen LogP contribution in [0, 0.1) is 25.5 Å². The Hall–Kier alpha value is -1.94. The monoisotopic (exact) mass is 278 g/mol. The van der Waals surface area contributed by atoms with Crippen LogP contribution in [0.25, 0.3) is 0 Å². The highest BCUT2D eigenvalue weighted by atomic mass is 19.1. The van der Waals surface area contributed by atoms with Gasteiger partial charge in [-0.2, -0.15) is 0 Å². The van der Waals surface area contributed by atoms with Gasteiger partial charge < -0.3 is 9.84 Å². The lowest BCUT2D eigenvalue weighted by molar-refractivity contribution is 0.195. The van der Waals surface area contributed by atoms with E-state index in [2.05, 4.69) is 0 Å². The van der Waals surface area contributed by atoms with Crippen molar-refractivity contribution < 1.29 is 18.6 Å². The van der Waals surface area contributed by atoms with Gasteiger partial charge >= 0.3 is 0 Å². The normalized spacial score (nSPS) is 12.3. The predicted octanol–water partition coefficient (Wildman–Crippen LogP) is 4.43. The van der Waals surface area contributed by atoms with Crippen LogP contribution in [0.2, 0.25) is 0 Å². The first kappa shape index (κ1) is 14.5. The highest BCUT2D eigenvalue weighted by Gasteiger charge is 2.14. The summed E-state index contributed by atoms with van der Waals surface area (Å²) in [7, 11) is 0. The minimum atomic E-state index is -0.860. The molecule has 0 fully saturated rings. The fourth-order valence-electron chi connectivity index (χ4n) is 1.89. The SMILES string of the molecule is Cc1cc(Oc2cc(C)c(F)cc2C(C)O)ccc1F. The fraction of sp³-hybridized carbons (Fsp3) is 0.250. The zero-order valence-electron chi connectivity index (χ0n) is 11.6. The molecule has 0 amide bonds. The Morgan fingerprint density at radius 3 is 2.25 bits per heavy atom. The second kappa shape index (κ2) is 5.59. The molecule has 0 heterocycles. The Kier molecular flexibility index (Phi) is 4.04. The molecule has 2 aromatic carbocycles. The molecule has 1 unspecified atom stereocenters. The van der Waals surface area contributed by atoms with E-state index in [-0.39, 0.29) is 5.82 Å². The average molecular weight is 278 g/mol. The zero-order chi connectivity index (χ0) is 14.9. The summed E-state index contributed by atoms with van der Waals surface area (Å²) in [5, 5.41) is 9.69. The van der Waals surface area contributed by atoms with Crippen molar-refractivity contribution in [3.05, 3.63) is 58.7 Å². The Labute approximate surface area is 116 Å². The summed E-state index contributed by atoms with van der Waals surface area (Å²) < 4.78 is 32.4. The maximum Gasteiger partial charge on any atom is 0.133 e. The van der Waals surface area contributed by atoms with Crippen LogP contribution < -0.4 is 4.74 Å². The summed E-state index contributed by atoms with van der Waals surface area (Å²) in [6, 6.07) is 7.14. The van der Waals surface area contributed by atoms with Gasteiger partial charge in [-0.3, -0.25) is 0 Å². The van der Waals surface area contributed by atoms with Gasteiger partial charge in [0.05, 0.1) is 6.10 Å². The molecule has 0 aromatic heterocycles. The standard InChI is InChI=1S/C16H16F2O2/c1-9-6-12(4-5-14(9)17)20-16-7-10(2)15(18)8-13(16)11(3)19/h4-8,11,19H,1-3H3. The van der Waals surface area contributed by atoms with Gasteiger partial charge in [0.25, 0.3) is 0 Å². The van der Waals surface area contributed by atoms with Crippen LogP contribution in [-0.2, 0) is 0 Å². The van der Waals surface area contributed by atoms with Crippen molar-refractivity contribution in [2.75, 3.05) is 0 Å². The van der Waals surface area contributed by atoms with Gasteiger partial charge in [0, 0.05) is 5.56 Å². The van der Waals surface area contributed by atoms with Crippen molar-refractivity contribution in [2.45, 2.75) is 26.9 Å². The number of hydrogen-bond donors (Lipinski definition) is 1. The molecule has 2 aromatic rings. The summed E-state index contributed by atoms with van der Waals surface area (Å²) in [6.45, 7) is 4.78. The molecule has 4 heteroatoms. The minimum Gasteiger partial charge on any atom is -0.457 e. The molecule has 1 N–H and O–H groups in total. The van der Waals surface area contributed by atoms with Crippen LogP contribution in [0.3, 0.4) is 0 Å². The first-order chi connectivity index (χ1) is 9.38. The third kappa shape index (κ3) is 2.96. The molecular formula is C16H16F2O2. The molecule has 0 bridgehead atoms. The number of aliphatic hydroxyl groups excluding tert-OH is 1. The van der Waals surface area contributed by atoms with Gasteiger partial charge in [0.15, 0.2) is 0 Å². The van der Waals surface area contributed by atoms with E-state index in [1.54, 1.807) is 19.9 Å². The van der Waals surface area contributed by atoms with Crippen molar-refractivity contribution in [3.8, 4) is 11.5 Å². The van der Waals surface area contributed by atoms with E-state index in [1.165, 1.54) is 31.2 Å². The van der Waals surface area contributed by atoms with Crippen molar-refractivity contribution >= 4 is 0 Å². The summed E-state index contributed by atoms with van der Waals surface area (Å²) in [5.74, 6) is 0.0913. The molecule has 1 atom stereocenters. The van der Waals surface area contributed by atoms with Crippen molar-refractivity contribution in [1.29, 1.82) is 0 Å². The molecule has 0 aliphatic rings. The minimum absolute atomic E-state index is 0.316. The second-order valence-electron chi connectivity index (χ2n) is 4.83. The third-order valence-corrected chi connectivity index (χ3v) is 3.10. The molecule has 0 spiro atoms. The highest BCUT2D eigenvalue weighted by molar-refractivity contribution is 5.43. The summed E-state index contributed by atoms with van der Waals surface area (Å²) in [5.41, 5.74) is 1.23.